The van der Waals surface area contributed by atoms with Gasteiger partial charge >= 0.3 is 6.03 Å². The van der Waals surface area contributed by atoms with E-state index in [4.69, 9.17) is 0 Å². The van der Waals surface area contributed by atoms with Crippen LogP contribution in [0.2, 0.25) is 0 Å². The van der Waals surface area contributed by atoms with Crippen LogP contribution in [0.5, 0.6) is 0 Å². The highest BCUT2D eigenvalue weighted by Gasteiger charge is 2.22. The van der Waals surface area contributed by atoms with Crippen molar-refractivity contribution in [2.24, 2.45) is 17.8 Å². The molecular formula is C23H37N3O2. The molecule has 1 aliphatic rings. The average molecular weight is 388 g/mol. The number of benzene rings is 1. The number of hydrogen-bond donors (Lipinski definition) is 3. The molecule has 28 heavy (non-hydrogen) atoms. The molecule has 1 aromatic rings. The predicted molar refractivity (Wildman–Crippen MR) is 114 cm³/mol. The smallest absolute Gasteiger partial charge is 0.315 e. The van der Waals surface area contributed by atoms with Gasteiger partial charge in [-0.25, -0.2) is 4.79 Å². The SMILES string of the molecule is CCCC(C)C(=O)NCC1CCC(CNC(=O)NCc2ccc(C)cc2)CC1. The Morgan fingerprint density at radius 1 is 0.964 bits per heavy atom. The van der Waals surface area contributed by atoms with E-state index in [1.54, 1.807) is 0 Å². The van der Waals surface area contributed by atoms with Crippen LogP contribution >= 0.6 is 0 Å². The summed E-state index contributed by atoms with van der Waals surface area (Å²) < 4.78 is 0. The number of carbonyl (C=O) groups is 2. The van der Waals surface area contributed by atoms with Gasteiger partial charge in [-0.1, -0.05) is 50.1 Å². The molecule has 1 saturated carbocycles. The molecule has 3 N–H and O–H groups in total. The van der Waals surface area contributed by atoms with Crippen LogP contribution in [0.15, 0.2) is 24.3 Å². The van der Waals surface area contributed by atoms with Gasteiger partial charge in [-0.05, 0) is 56.4 Å². The molecule has 3 amide bonds. The molecule has 0 bridgehead atoms. The summed E-state index contributed by atoms with van der Waals surface area (Å²) in [6, 6.07) is 8.09. The molecule has 0 aromatic heterocycles. The summed E-state index contributed by atoms with van der Waals surface area (Å²) in [7, 11) is 0. The fourth-order valence-electron chi connectivity index (χ4n) is 3.81. The number of nitrogens with one attached hydrogen (secondary N) is 3. The lowest BCUT2D eigenvalue weighted by Gasteiger charge is -2.29. The Bertz CT molecular complexity index is 607. The van der Waals surface area contributed by atoms with E-state index in [2.05, 4.69) is 41.9 Å². The van der Waals surface area contributed by atoms with Gasteiger partial charge in [-0.15, -0.1) is 0 Å². The number of carbonyl (C=O) groups excluding carboxylic acids is 2. The van der Waals surface area contributed by atoms with Crippen molar-refractivity contribution in [2.75, 3.05) is 13.1 Å². The zero-order chi connectivity index (χ0) is 20.4. The maximum Gasteiger partial charge on any atom is 0.315 e. The Labute approximate surface area is 170 Å². The second kappa shape index (κ2) is 11.7. The molecule has 0 aliphatic heterocycles. The molecule has 5 heteroatoms. The van der Waals surface area contributed by atoms with Crippen LogP contribution in [0.4, 0.5) is 4.79 Å². The molecule has 0 radical (unpaired) electrons. The number of rotatable bonds is 9. The summed E-state index contributed by atoms with van der Waals surface area (Å²) in [6.07, 6.45) is 6.48. The molecule has 2 rings (SSSR count). The molecule has 1 atom stereocenters. The van der Waals surface area contributed by atoms with Crippen molar-refractivity contribution >= 4 is 11.9 Å². The maximum absolute atomic E-state index is 12.0. The predicted octanol–water partition coefficient (Wildman–Crippen LogP) is 4.15. The van der Waals surface area contributed by atoms with E-state index in [1.165, 1.54) is 5.56 Å². The van der Waals surface area contributed by atoms with E-state index >= 15 is 0 Å². The molecule has 1 aromatic carbocycles. The largest absolute Gasteiger partial charge is 0.356 e. The van der Waals surface area contributed by atoms with Crippen LogP contribution in [0, 0.1) is 24.7 Å². The highest BCUT2D eigenvalue weighted by Crippen LogP contribution is 2.28. The first-order chi connectivity index (χ1) is 13.5. The van der Waals surface area contributed by atoms with Gasteiger partial charge in [-0.3, -0.25) is 4.79 Å². The van der Waals surface area contributed by atoms with Crippen molar-refractivity contribution in [3.05, 3.63) is 35.4 Å². The van der Waals surface area contributed by atoms with Gasteiger partial charge in [0.05, 0.1) is 0 Å². The lowest BCUT2D eigenvalue weighted by atomic mass is 9.82. The van der Waals surface area contributed by atoms with E-state index in [1.807, 2.05) is 19.1 Å². The molecule has 0 heterocycles. The summed E-state index contributed by atoms with van der Waals surface area (Å²) in [6.45, 7) is 8.25. The number of hydrogen-bond acceptors (Lipinski definition) is 2. The Balaban J connectivity index is 1.57. The van der Waals surface area contributed by atoms with Crippen LogP contribution < -0.4 is 16.0 Å². The zero-order valence-electron chi connectivity index (χ0n) is 17.7. The van der Waals surface area contributed by atoms with E-state index in [9.17, 15) is 9.59 Å². The first-order valence-electron chi connectivity index (χ1n) is 10.8. The van der Waals surface area contributed by atoms with Gasteiger partial charge in [0.25, 0.3) is 0 Å². The minimum atomic E-state index is -0.0973. The summed E-state index contributed by atoms with van der Waals surface area (Å²) in [5.41, 5.74) is 2.33. The Morgan fingerprint density at radius 3 is 2.11 bits per heavy atom. The average Bonchev–Trinajstić information content (AvgIpc) is 2.71. The number of aryl methyl sites for hydroxylation is 1. The Morgan fingerprint density at radius 2 is 1.54 bits per heavy atom. The highest BCUT2D eigenvalue weighted by molar-refractivity contribution is 5.78. The minimum Gasteiger partial charge on any atom is -0.356 e. The molecule has 5 nitrogen and oxygen atoms in total. The molecular weight excluding hydrogens is 350 g/mol. The van der Waals surface area contributed by atoms with Gasteiger partial charge in [0.2, 0.25) is 5.91 Å². The zero-order valence-corrected chi connectivity index (χ0v) is 17.7. The van der Waals surface area contributed by atoms with Gasteiger partial charge in [0.1, 0.15) is 0 Å². The van der Waals surface area contributed by atoms with E-state index in [0.29, 0.717) is 18.4 Å². The molecule has 1 unspecified atom stereocenters. The lowest BCUT2D eigenvalue weighted by molar-refractivity contribution is -0.124. The summed E-state index contributed by atoms with van der Waals surface area (Å²) >= 11 is 0. The van der Waals surface area contributed by atoms with Crippen LogP contribution in [-0.4, -0.2) is 25.0 Å². The molecule has 0 saturated heterocycles. The normalized spacial score (nSPS) is 20.2. The first-order valence-corrected chi connectivity index (χ1v) is 10.8. The van der Waals surface area contributed by atoms with Crippen molar-refractivity contribution in [1.29, 1.82) is 0 Å². The topological polar surface area (TPSA) is 70.2 Å². The van der Waals surface area contributed by atoms with Gasteiger partial charge in [-0.2, -0.15) is 0 Å². The van der Waals surface area contributed by atoms with Crippen molar-refractivity contribution < 1.29 is 9.59 Å². The maximum atomic E-state index is 12.0. The van der Waals surface area contributed by atoms with E-state index in [-0.39, 0.29) is 17.9 Å². The van der Waals surface area contributed by atoms with Crippen LogP contribution in [-0.2, 0) is 11.3 Å². The highest BCUT2D eigenvalue weighted by atomic mass is 16.2. The molecule has 156 valence electrons. The summed E-state index contributed by atoms with van der Waals surface area (Å²) in [5.74, 6) is 1.42. The van der Waals surface area contributed by atoms with Crippen molar-refractivity contribution in [1.82, 2.24) is 16.0 Å². The number of urea groups is 1. The third kappa shape index (κ3) is 7.91. The van der Waals surface area contributed by atoms with Crippen molar-refractivity contribution in [2.45, 2.75) is 65.8 Å². The fraction of sp³-hybridized carbons (Fsp3) is 0.652. The van der Waals surface area contributed by atoms with Crippen molar-refractivity contribution in [3.63, 3.8) is 0 Å². The Hall–Kier alpha value is -2.04. The lowest BCUT2D eigenvalue weighted by Crippen LogP contribution is -2.39. The van der Waals surface area contributed by atoms with Gasteiger partial charge < -0.3 is 16.0 Å². The van der Waals surface area contributed by atoms with Crippen molar-refractivity contribution in [3.8, 4) is 0 Å². The van der Waals surface area contributed by atoms with E-state index in [0.717, 1.165) is 57.2 Å². The first kappa shape index (κ1) is 22.3. The van der Waals surface area contributed by atoms with Crippen LogP contribution in [0.25, 0.3) is 0 Å². The second-order valence-electron chi connectivity index (χ2n) is 8.37. The standard InChI is InChI=1S/C23H37N3O2/c1-4-5-18(3)22(27)24-14-20-10-12-21(13-11-20)16-26-23(28)25-15-19-8-6-17(2)7-9-19/h6-9,18,20-21H,4-5,10-16H2,1-3H3,(H,24,27)(H2,25,26,28). The molecule has 1 fully saturated rings. The quantitative estimate of drug-likeness (QED) is 0.596. The summed E-state index contributed by atoms with van der Waals surface area (Å²) in [4.78, 5) is 24.0. The third-order valence-corrected chi connectivity index (χ3v) is 5.83. The molecule has 0 spiro atoms. The van der Waals surface area contributed by atoms with Gasteiger partial charge in [0, 0.05) is 25.6 Å². The second-order valence-corrected chi connectivity index (χ2v) is 8.37. The number of amides is 3. The van der Waals surface area contributed by atoms with Crippen LogP contribution in [0.1, 0.15) is 63.5 Å². The third-order valence-electron chi connectivity index (χ3n) is 5.83. The monoisotopic (exact) mass is 387 g/mol. The molecule has 1 aliphatic carbocycles. The van der Waals surface area contributed by atoms with Gasteiger partial charge in [0.15, 0.2) is 0 Å². The summed E-state index contributed by atoms with van der Waals surface area (Å²) in [5, 5.41) is 9.05. The van der Waals surface area contributed by atoms with E-state index < -0.39 is 0 Å². The Kier molecular flexibility index (Phi) is 9.32. The fourth-order valence-corrected chi connectivity index (χ4v) is 3.81. The minimum absolute atomic E-state index is 0.0973. The van der Waals surface area contributed by atoms with Crippen LogP contribution in [0.3, 0.4) is 0 Å².